The SMILES string of the molecule is Cc1nn(C)c(C)c1-c1nc(NCc2cccnc2)c2[nH]cnc2n1. The molecule has 0 aliphatic heterocycles. The highest BCUT2D eigenvalue weighted by Gasteiger charge is 2.18. The van der Waals surface area contributed by atoms with Crippen LogP contribution < -0.4 is 5.32 Å². The Balaban J connectivity index is 1.77. The molecule has 2 N–H and O–H groups in total. The average molecular weight is 334 g/mol. The van der Waals surface area contributed by atoms with Gasteiger partial charge in [0, 0.05) is 31.7 Å². The largest absolute Gasteiger partial charge is 0.364 e. The fraction of sp³-hybridized carbons (Fsp3) is 0.235. The highest BCUT2D eigenvalue weighted by molar-refractivity contribution is 5.85. The summed E-state index contributed by atoms with van der Waals surface area (Å²) in [6.45, 7) is 4.59. The third-order valence-corrected chi connectivity index (χ3v) is 4.20. The van der Waals surface area contributed by atoms with Gasteiger partial charge in [0.05, 0.1) is 17.6 Å². The van der Waals surface area contributed by atoms with Gasteiger partial charge in [-0.05, 0) is 25.5 Å². The molecule has 0 aliphatic rings. The standard InChI is InChI=1S/C17H18N8/c1-10-13(11(2)25(3)24-10)15-22-16(14-17(23-15)21-9-20-14)19-8-12-5-4-6-18-7-12/h4-7,9H,8H2,1-3H3,(H2,19,20,21,22,23). The topological polar surface area (TPSA) is 97.2 Å². The van der Waals surface area contributed by atoms with Gasteiger partial charge in [-0.15, -0.1) is 0 Å². The van der Waals surface area contributed by atoms with Crippen LogP contribution in [0, 0.1) is 13.8 Å². The summed E-state index contributed by atoms with van der Waals surface area (Å²) < 4.78 is 1.84. The molecule has 0 saturated heterocycles. The Labute approximate surface area is 144 Å². The number of aryl methyl sites for hydroxylation is 2. The number of anilines is 1. The summed E-state index contributed by atoms with van der Waals surface area (Å²) in [5, 5.41) is 7.81. The van der Waals surface area contributed by atoms with Gasteiger partial charge in [-0.1, -0.05) is 6.07 Å². The molecule has 4 aromatic heterocycles. The van der Waals surface area contributed by atoms with Gasteiger partial charge in [-0.2, -0.15) is 5.10 Å². The number of pyridine rings is 1. The number of hydrogen-bond acceptors (Lipinski definition) is 6. The van der Waals surface area contributed by atoms with Gasteiger partial charge >= 0.3 is 0 Å². The molecule has 0 spiro atoms. The first kappa shape index (κ1) is 15.3. The van der Waals surface area contributed by atoms with Crippen LogP contribution in [0.2, 0.25) is 0 Å². The maximum Gasteiger partial charge on any atom is 0.183 e. The van der Waals surface area contributed by atoms with Crippen LogP contribution in [0.5, 0.6) is 0 Å². The molecule has 0 unspecified atom stereocenters. The summed E-state index contributed by atoms with van der Waals surface area (Å²) in [6.07, 6.45) is 5.21. The zero-order chi connectivity index (χ0) is 17.4. The predicted octanol–water partition coefficient (Wildman–Crippen LogP) is 2.38. The second-order valence-electron chi connectivity index (χ2n) is 5.88. The Morgan fingerprint density at radius 2 is 2.12 bits per heavy atom. The normalized spacial score (nSPS) is 11.2. The molecule has 8 nitrogen and oxygen atoms in total. The Kier molecular flexibility index (Phi) is 3.64. The molecule has 0 aromatic carbocycles. The maximum absolute atomic E-state index is 4.73. The van der Waals surface area contributed by atoms with E-state index >= 15 is 0 Å². The summed E-state index contributed by atoms with van der Waals surface area (Å²) in [7, 11) is 1.92. The molecule has 0 aliphatic carbocycles. The molecule has 0 bridgehead atoms. The Bertz CT molecular complexity index is 1030. The van der Waals surface area contributed by atoms with E-state index in [-0.39, 0.29) is 0 Å². The smallest absolute Gasteiger partial charge is 0.183 e. The number of hydrogen-bond donors (Lipinski definition) is 2. The van der Waals surface area contributed by atoms with Crippen LogP contribution in [0.1, 0.15) is 17.0 Å². The van der Waals surface area contributed by atoms with Crippen LogP contribution in [0.25, 0.3) is 22.6 Å². The van der Waals surface area contributed by atoms with Crippen molar-refractivity contribution in [1.82, 2.24) is 34.7 Å². The fourth-order valence-corrected chi connectivity index (χ4v) is 2.86. The second kappa shape index (κ2) is 5.97. The van der Waals surface area contributed by atoms with Crippen molar-refractivity contribution in [1.29, 1.82) is 0 Å². The van der Waals surface area contributed by atoms with E-state index in [4.69, 9.17) is 4.98 Å². The van der Waals surface area contributed by atoms with Gasteiger partial charge in [0.25, 0.3) is 0 Å². The lowest BCUT2D eigenvalue weighted by molar-refractivity contribution is 0.731. The van der Waals surface area contributed by atoms with Crippen molar-refractivity contribution in [2.45, 2.75) is 20.4 Å². The molecule has 0 fully saturated rings. The van der Waals surface area contributed by atoms with Crippen molar-refractivity contribution in [3.05, 3.63) is 47.8 Å². The molecule has 4 rings (SSSR count). The van der Waals surface area contributed by atoms with Crippen LogP contribution >= 0.6 is 0 Å². The van der Waals surface area contributed by atoms with E-state index in [2.05, 4.69) is 30.4 Å². The number of H-pyrrole nitrogens is 1. The van der Waals surface area contributed by atoms with E-state index in [0.717, 1.165) is 28.0 Å². The van der Waals surface area contributed by atoms with Gasteiger partial charge in [0.1, 0.15) is 5.52 Å². The minimum Gasteiger partial charge on any atom is -0.364 e. The monoisotopic (exact) mass is 334 g/mol. The molecule has 8 heteroatoms. The molecule has 0 amide bonds. The molecule has 4 heterocycles. The molecular weight excluding hydrogens is 316 g/mol. The van der Waals surface area contributed by atoms with E-state index in [1.54, 1.807) is 12.5 Å². The highest BCUT2D eigenvalue weighted by Crippen LogP contribution is 2.27. The zero-order valence-electron chi connectivity index (χ0n) is 14.3. The van der Waals surface area contributed by atoms with E-state index in [0.29, 0.717) is 23.8 Å². The molecule has 126 valence electrons. The van der Waals surface area contributed by atoms with Crippen molar-refractivity contribution >= 4 is 17.0 Å². The van der Waals surface area contributed by atoms with Crippen molar-refractivity contribution < 1.29 is 0 Å². The average Bonchev–Trinajstić information content (AvgIpc) is 3.18. The summed E-state index contributed by atoms with van der Waals surface area (Å²) in [6, 6.07) is 3.93. The first-order valence-corrected chi connectivity index (χ1v) is 7.98. The van der Waals surface area contributed by atoms with E-state index in [1.807, 2.05) is 43.9 Å². The Morgan fingerprint density at radius 1 is 1.24 bits per heavy atom. The van der Waals surface area contributed by atoms with Crippen molar-refractivity contribution in [2.75, 3.05) is 5.32 Å². The van der Waals surface area contributed by atoms with Crippen LogP contribution in [0.4, 0.5) is 5.82 Å². The number of aromatic nitrogens is 7. The predicted molar refractivity (Wildman–Crippen MR) is 94.9 cm³/mol. The third kappa shape index (κ3) is 2.71. The van der Waals surface area contributed by atoms with Gasteiger partial charge in [0.15, 0.2) is 17.3 Å². The van der Waals surface area contributed by atoms with E-state index < -0.39 is 0 Å². The van der Waals surface area contributed by atoms with Gasteiger partial charge in [-0.25, -0.2) is 15.0 Å². The Hall–Kier alpha value is -3.29. The van der Waals surface area contributed by atoms with Gasteiger partial charge < -0.3 is 10.3 Å². The third-order valence-electron chi connectivity index (χ3n) is 4.20. The molecule has 0 atom stereocenters. The van der Waals surface area contributed by atoms with E-state index in [1.165, 1.54) is 0 Å². The minimum absolute atomic E-state index is 0.615. The molecule has 0 radical (unpaired) electrons. The number of rotatable bonds is 4. The number of nitrogens with one attached hydrogen (secondary N) is 2. The number of fused-ring (bicyclic) bond motifs is 1. The molecule has 0 saturated carbocycles. The lowest BCUT2D eigenvalue weighted by atomic mass is 10.2. The quantitative estimate of drug-likeness (QED) is 0.595. The first-order chi connectivity index (χ1) is 12.1. The summed E-state index contributed by atoms with van der Waals surface area (Å²) in [5.41, 5.74) is 5.34. The number of imidazole rings is 1. The number of aromatic amines is 1. The van der Waals surface area contributed by atoms with Crippen LogP contribution in [0.3, 0.4) is 0 Å². The molecule has 4 aromatic rings. The molecular formula is C17H18N8. The summed E-state index contributed by atoms with van der Waals surface area (Å²) in [5.74, 6) is 1.33. The lowest BCUT2D eigenvalue weighted by Crippen LogP contribution is -2.05. The van der Waals surface area contributed by atoms with Gasteiger partial charge in [-0.3, -0.25) is 9.67 Å². The summed E-state index contributed by atoms with van der Waals surface area (Å²) >= 11 is 0. The van der Waals surface area contributed by atoms with Crippen LogP contribution in [-0.2, 0) is 13.6 Å². The van der Waals surface area contributed by atoms with Crippen LogP contribution in [-0.4, -0.2) is 34.7 Å². The lowest BCUT2D eigenvalue weighted by Gasteiger charge is -2.09. The zero-order valence-corrected chi connectivity index (χ0v) is 14.3. The Morgan fingerprint density at radius 3 is 2.84 bits per heavy atom. The molecule has 25 heavy (non-hydrogen) atoms. The fourth-order valence-electron chi connectivity index (χ4n) is 2.86. The highest BCUT2D eigenvalue weighted by atomic mass is 15.3. The van der Waals surface area contributed by atoms with E-state index in [9.17, 15) is 0 Å². The minimum atomic E-state index is 0.615. The number of nitrogens with zero attached hydrogens (tertiary/aromatic N) is 6. The van der Waals surface area contributed by atoms with Gasteiger partial charge in [0.2, 0.25) is 0 Å². The second-order valence-corrected chi connectivity index (χ2v) is 5.88. The maximum atomic E-state index is 4.73. The van der Waals surface area contributed by atoms with Crippen LogP contribution in [0.15, 0.2) is 30.9 Å². The first-order valence-electron chi connectivity index (χ1n) is 7.98. The van der Waals surface area contributed by atoms with Crippen molar-refractivity contribution in [2.24, 2.45) is 7.05 Å². The van der Waals surface area contributed by atoms with Crippen molar-refractivity contribution in [3.8, 4) is 11.4 Å². The van der Waals surface area contributed by atoms with Crippen molar-refractivity contribution in [3.63, 3.8) is 0 Å². The summed E-state index contributed by atoms with van der Waals surface area (Å²) in [4.78, 5) is 20.9.